The monoisotopic (exact) mass is 458 g/mol. The highest BCUT2D eigenvalue weighted by atomic mass is 35.5. The van der Waals surface area contributed by atoms with E-state index in [0.29, 0.717) is 29.1 Å². The molecule has 10 heteroatoms. The van der Waals surface area contributed by atoms with E-state index in [9.17, 15) is 5.11 Å². The van der Waals surface area contributed by atoms with Crippen molar-refractivity contribution in [1.29, 1.82) is 0 Å². The van der Waals surface area contributed by atoms with Crippen LogP contribution in [0, 0.1) is 6.92 Å². The van der Waals surface area contributed by atoms with Gasteiger partial charge in [0, 0.05) is 35.8 Å². The molecule has 0 spiro atoms. The summed E-state index contributed by atoms with van der Waals surface area (Å²) in [4.78, 5) is 10.8. The molecule has 2 N–H and O–H groups in total. The molecule has 0 unspecified atom stereocenters. The minimum absolute atomic E-state index is 0. The Labute approximate surface area is 194 Å². The van der Waals surface area contributed by atoms with Gasteiger partial charge in [-0.1, -0.05) is 0 Å². The number of benzene rings is 1. The van der Waals surface area contributed by atoms with Crippen LogP contribution in [0.5, 0.6) is 5.75 Å². The molecule has 1 fully saturated rings. The number of piperidine rings is 1. The van der Waals surface area contributed by atoms with Gasteiger partial charge in [-0.3, -0.25) is 0 Å². The molecule has 3 aromatic rings. The number of aromatic nitrogens is 6. The van der Waals surface area contributed by atoms with E-state index in [4.69, 9.17) is 0 Å². The van der Waals surface area contributed by atoms with Crippen molar-refractivity contribution >= 4 is 18.4 Å². The average Bonchev–Trinajstić information content (AvgIpc) is 3.11. The van der Waals surface area contributed by atoms with Gasteiger partial charge in [0.25, 0.3) is 0 Å². The molecule has 1 aromatic carbocycles. The first-order valence-electron chi connectivity index (χ1n) is 10.5. The Bertz CT molecular complexity index is 1060. The van der Waals surface area contributed by atoms with E-state index in [-0.39, 0.29) is 29.2 Å². The first-order chi connectivity index (χ1) is 14.5. The summed E-state index contributed by atoms with van der Waals surface area (Å²) in [7, 11) is 2.02. The molecule has 9 nitrogen and oxygen atoms in total. The summed E-state index contributed by atoms with van der Waals surface area (Å²) in [5.74, 6) is 1.33. The van der Waals surface area contributed by atoms with Crippen molar-refractivity contribution < 1.29 is 5.11 Å². The van der Waals surface area contributed by atoms with Gasteiger partial charge in [0.2, 0.25) is 5.95 Å². The zero-order chi connectivity index (χ0) is 22.4. The third-order valence-corrected chi connectivity index (χ3v) is 5.71. The van der Waals surface area contributed by atoms with Crippen molar-refractivity contribution in [2.75, 3.05) is 11.9 Å². The number of phenolic OH excluding ortho intramolecular Hbond substituents is 1. The zero-order valence-corrected chi connectivity index (χ0v) is 20.2. The molecule has 0 amide bonds. The number of phenols is 1. The molecule has 3 heterocycles. The fourth-order valence-electron chi connectivity index (χ4n) is 4.61. The predicted octanol–water partition coefficient (Wildman–Crippen LogP) is 3.30. The van der Waals surface area contributed by atoms with E-state index in [1.807, 2.05) is 20.0 Å². The van der Waals surface area contributed by atoms with Crippen LogP contribution in [0.2, 0.25) is 0 Å². The minimum atomic E-state index is 0. The second kappa shape index (κ2) is 8.63. The molecule has 1 aliphatic heterocycles. The number of hydrogen-bond donors (Lipinski definition) is 2. The van der Waals surface area contributed by atoms with E-state index in [2.05, 4.69) is 63.2 Å². The summed E-state index contributed by atoms with van der Waals surface area (Å²) in [5.41, 5.74) is 1.87. The van der Waals surface area contributed by atoms with E-state index < -0.39 is 0 Å². The highest BCUT2D eigenvalue weighted by molar-refractivity contribution is 5.85. The van der Waals surface area contributed by atoms with Crippen LogP contribution in [-0.4, -0.2) is 59.2 Å². The van der Waals surface area contributed by atoms with Crippen LogP contribution in [0.1, 0.15) is 46.4 Å². The average molecular weight is 459 g/mol. The summed E-state index contributed by atoms with van der Waals surface area (Å²) < 4.78 is 1.61. The highest BCUT2D eigenvalue weighted by Gasteiger charge is 2.39. The molecule has 32 heavy (non-hydrogen) atoms. The standard InChI is InChI=1S/C22H30N8O.ClH/c1-14-24-13-30(27-14)15-7-8-17(19(31)9-15)18-12-23-20(26-25-18)29(6)16-10-21(2,3)28-22(4,5)11-16;/h7-9,12-13,16,28,31H,10-11H2,1-6H3;1H. The lowest BCUT2D eigenvalue weighted by Gasteiger charge is -2.48. The van der Waals surface area contributed by atoms with Crippen LogP contribution in [0.4, 0.5) is 5.95 Å². The molecular formula is C22H31ClN8O. The second-order valence-electron chi connectivity index (χ2n) is 9.65. The molecule has 172 valence electrons. The molecule has 0 atom stereocenters. The maximum atomic E-state index is 10.5. The summed E-state index contributed by atoms with van der Waals surface area (Å²) >= 11 is 0. The maximum absolute atomic E-state index is 10.5. The van der Waals surface area contributed by atoms with Crippen molar-refractivity contribution in [3.8, 4) is 22.7 Å². The lowest BCUT2D eigenvalue weighted by Crippen LogP contribution is -2.62. The van der Waals surface area contributed by atoms with Crippen LogP contribution in [0.3, 0.4) is 0 Å². The van der Waals surface area contributed by atoms with Gasteiger partial charge in [-0.05, 0) is 59.6 Å². The molecule has 0 bridgehead atoms. The quantitative estimate of drug-likeness (QED) is 0.613. The van der Waals surface area contributed by atoms with Crippen molar-refractivity contribution in [3.05, 3.63) is 36.5 Å². The van der Waals surface area contributed by atoms with Crippen molar-refractivity contribution in [2.45, 2.75) is 64.6 Å². The van der Waals surface area contributed by atoms with Gasteiger partial charge < -0.3 is 15.3 Å². The number of aromatic hydroxyl groups is 1. The normalized spacial score (nSPS) is 17.6. The van der Waals surface area contributed by atoms with E-state index in [0.717, 1.165) is 18.5 Å². The van der Waals surface area contributed by atoms with Crippen molar-refractivity contribution in [3.63, 3.8) is 0 Å². The summed E-state index contributed by atoms with van der Waals surface area (Å²) in [6.07, 6.45) is 5.24. The van der Waals surface area contributed by atoms with E-state index >= 15 is 0 Å². The first-order valence-corrected chi connectivity index (χ1v) is 10.5. The summed E-state index contributed by atoms with van der Waals surface area (Å²) in [6.45, 7) is 10.7. The number of halogens is 1. The Balaban J connectivity index is 0.00000289. The van der Waals surface area contributed by atoms with Crippen LogP contribution < -0.4 is 10.2 Å². The number of hydrogen-bond acceptors (Lipinski definition) is 8. The molecule has 2 aromatic heterocycles. The Morgan fingerprint density at radius 1 is 1.09 bits per heavy atom. The van der Waals surface area contributed by atoms with Gasteiger partial charge in [-0.25, -0.2) is 14.6 Å². The predicted molar refractivity (Wildman–Crippen MR) is 127 cm³/mol. The van der Waals surface area contributed by atoms with Gasteiger partial charge in [0.15, 0.2) is 0 Å². The van der Waals surface area contributed by atoms with Gasteiger partial charge >= 0.3 is 0 Å². The second-order valence-corrected chi connectivity index (χ2v) is 9.65. The Morgan fingerprint density at radius 2 is 1.78 bits per heavy atom. The SMILES string of the molecule is Cc1ncn(-c2ccc(-c3cnc(N(C)C4CC(C)(C)NC(C)(C)C4)nn3)c(O)c2)n1.Cl. The molecule has 1 saturated heterocycles. The molecule has 4 rings (SSSR count). The molecule has 1 aliphatic rings. The maximum Gasteiger partial charge on any atom is 0.245 e. The van der Waals surface area contributed by atoms with Crippen LogP contribution >= 0.6 is 12.4 Å². The zero-order valence-electron chi connectivity index (χ0n) is 19.4. The number of nitrogens with one attached hydrogen (secondary N) is 1. The number of aryl methyl sites for hydroxylation is 1. The number of rotatable bonds is 4. The molecule has 0 radical (unpaired) electrons. The Hall–Kier alpha value is -2.78. The third kappa shape index (κ3) is 4.99. The van der Waals surface area contributed by atoms with Crippen molar-refractivity contribution in [2.24, 2.45) is 0 Å². The first kappa shape index (κ1) is 23.9. The van der Waals surface area contributed by atoms with Crippen molar-refractivity contribution in [1.82, 2.24) is 35.3 Å². The lowest BCUT2D eigenvalue weighted by molar-refractivity contribution is 0.160. The van der Waals surface area contributed by atoms with E-state index in [1.165, 1.54) is 0 Å². The Kier molecular flexibility index (Phi) is 6.44. The van der Waals surface area contributed by atoms with Crippen LogP contribution in [0.15, 0.2) is 30.7 Å². The van der Waals surface area contributed by atoms with Gasteiger partial charge in [-0.15, -0.1) is 22.6 Å². The fraction of sp³-hybridized carbons (Fsp3) is 0.500. The number of nitrogens with zero attached hydrogens (tertiary/aromatic N) is 7. The highest BCUT2D eigenvalue weighted by Crippen LogP contribution is 2.33. The molecule has 0 saturated carbocycles. The van der Waals surface area contributed by atoms with Gasteiger partial charge in [0.1, 0.15) is 23.6 Å². The van der Waals surface area contributed by atoms with Gasteiger partial charge in [0.05, 0.1) is 11.9 Å². The molecular weight excluding hydrogens is 428 g/mol. The largest absolute Gasteiger partial charge is 0.507 e. The molecule has 0 aliphatic carbocycles. The summed E-state index contributed by atoms with van der Waals surface area (Å²) in [6, 6.07) is 5.57. The summed E-state index contributed by atoms with van der Waals surface area (Å²) in [5, 5.41) is 27.2. The minimum Gasteiger partial charge on any atom is -0.507 e. The van der Waals surface area contributed by atoms with E-state index in [1.54, 1.807) is 29.3 Å². The van der Waals surface area contributed by atoms with Crippen LogP contribution in [0.25, 0.3) is 16.9 Å². The fourth-order valence-corrected chi connectivity index (χ4v) is 4.61. The van der Waals surface area contributed by atoms with Crippen LogP contribution in [-0.2, 0) is 0 Å². The third-order valence-electron chi connectivity index (χ3n) is 5.71. The number of anilines is 1. The lowest BCUT2D eigenvalue weighted by atomic mass is 9.79. The Morgan fingerprint density at radius 3 is 2.31 bits per heavy atom. The van der Waals surface area contributed by atoms with Gasteiger partial charge in [-0.2, -0.15) is 5.10 Å². The smallest absolute Gasteiger partial charge is 0.245 e. The topological polar surface area (TPSA) is 105 Å².